The number of aryl methyl sites for hydroxylation is 14. The number of fused-ring (bicyclic) bond motifs is 20. The van der Waals surface area contributed by atoms with E-state index in [1.54, 1.807) is 0 Å². The van der Waals surface area contributed by atoms with Gasteiger partial charge < -0.3 is 17.7 Å². The van der Waals surface area contributed by atoms with Crippen LogP contribution in [-0.2, 0) is 28.2 Å². The first-order valence-corrected chi connectivity index (χ1v) is 43.6. The van der Waals surface area contributed by atoms with E-state index >= 15 is 0 Å². The Bertz CT molecular complexity index is 8380. The number of hydrogen-bond donors (Lipinski definition) is 0. The van der Waals surface area contributed by atoms with Crippen LogP contribution in [0.3, 0.4) is 0 Å². The molecule has 16 aromatic carbocycles. The van der Waals surface area contributed by atoms with Gasteiger partial charge in [0.25, 0.3) is 0 Å². The van der Waals surface area contributed by atoms with E-state index in [2.05, 4.69) is 444 Å². The molecule has 0 saturated carbocycles. The Morgan fingerprint density at radius 1 is 0.222 bits per heavy atom. The van der Waals surface area contributed by atoms with Gasteiger partial charge in [0.05, 0.1) is 33.0 Å². The zero-order valence-corrected chi connectivity index (χ0v) is 73.6. The van der Waals surface area contributed by atoms with E-state index in [-0.39, 0.29) is 0 Å². The lowest BCUT2D eigenvalue weighted by Gasteiger charge is -2.10. The van der Waals surface area contributed by atoms with Crippen molar-refractivity contribution >= 4 is 153 Å². The second-order valence-electron chi connectivity index (χ2n) is 34.6. The van der Waals surface area contributed by atoms with Crippen molar-refractivity contribution in [3.63, 3.8) is 0 Å². The van der Waals surface area contributed by atoms with Gasteiger partial charge in [-0.3, -0.25) is 0 Å². The molecule has 0 aliphatic carbocycles. The molecule has 608 valence electrons. The highest BCUT2D eigenvalue weighted by Gasteiger charge is 2.29. The molecule has 0 saturated heterocycles. The number of benzene rings is 16. The summed E-state index contributed by atoms with van der Waals surface area (Å²) in [6.07, 6.45) is 4.35. The average Bonchev–Trinajstić information content (AvgIpc) is 1.60. The standard InChI is InChI=1S/2C30H24NO.2C29H24NO/c1-19-13-14-24-26-15-22-11-7-8-12-23(22)16-28(26)32-30(24)29(19)27-17-25(20(2)18-31(27)3)21-9-5-4-6-10-21;1-19-9-11-22-18-28-26(16-24(22)15-19)25-12-10-20(2)29(30(25)32-28)27-17-23(13-14-31(27)3)21-7-5-4-6-8-21;2*1-17-8-7-11-24-27(17)18(2)16-25(30(24)4)21-13-14-23-28-22-10-6-5-9-20(22)12-15-26(28)31-29(23)19(21)3/h2*4-18H,1-3H3;2*5-16H,1-4H3/q4*+1. The smallest absolute Gasteiger partial charge is 0.216 e. The molecule has 8 nitrogen and oxygen atoms in total. The molecule has 8 aromatic heterocycles. The molecule has 8 heterocycles. The molecule has 0 aliphatic heterocycles. The number of aromatic nitrogens is 4. The summed E-state index contributed by atoms with van der Waals surface area (Å²) in [5.41, 5.74) is 37.0. The van der Waals surface area contributed by atoms with Crippen molar-refractivity contribution in [2.24, 2.45) is 28.2 Å². The zero-order valence-electron chi connectivity index (χ0n) is 73.6. The molecule has 24 rings (SSSR count). The Morgan fingerprint density at radius 3 is 1.18 bits per heavy atom. The summed E-state index contributed by atoms with van der Waals surface area (Å²) >= 11 is 0. The molecule has 0 amide bonds. The molecule has 24 aromatic rings. The quantitative estimate of drug-likeness (QED) is 0.156. The number of nitrogens with zero attached hydrogens (tertiary/aromatic N) is 4. The summed E-state index contributed by atoms with van der Waals surface area (Å²) in [5, 5.41) is 22.0. The van der Waals surface area contributed by atoms with Gasteiger partial charge in [0, 0.05) is 102 Å². The predicted molar refractivity (Wildman–Crippen MR) is 525 cm³/mol. The molecule has 126 heavy (non-hydrogen) atoms. The monoisotopic (exact) mass is 1630 g/mol. The van der Waals surface area contributed by atoms with E-state index < -0.39 is 0 Å². The third-order valence-electron chi connectivity index (χ3n) is 26.6. The van der Waals surface area contributed by atoms with Gasteiger partial charge in [-0.2, -0.15) is 9.13 Å². The van der Waals surface area contributed by atoms with Crippen molar-refractivity contribution in [1.29, 1.82) is 0 Å². The van der Waals surface area contributed by atoms with Gasteiger partial charge in [-0.05, 0) is 229 Å². The van der Waals surface area contributed by atoms with E-state index in [0.717, 1.165) is 83.3 Å². The van der Waals surface area contributed by atoms with Crippen LogP contribution in [0.4, 0.5) is 0 Å². The molecule has 0 unspecified atom stereocenters. The highest BCUT2D eigenvalue weighted by molar-refractivity contribution is 6.22. The fraction of sp³-hybridized carbons (Fsp3) is 0.119. The number of rotatable bonds is 6. The maximum atomic E-state index is 6.54. The third kappa shape index (κ3) is 13.2. The van der Waals surface area contributed by atoms with E-state index in [1.165, 1.54) is 192 Å². The largest absolute Gasteiger partial charge is 0.456 e. The molecule has 0 bridgehead atoms. The van der Waals surface area contributed by atoms with E-state index in [0.29, 0.717) is 0 Å². The molecular weight excluding hydrogens is 1540 g/mol. The van der Waals surface area contributed by atoms with Gasteiger partial charge in [-0.1, -0.05) is 218 Å². The number of pyridine rings is 4. The van der Waals surface area contributed by atoms with Crippen LogP contribution in [0, 0.1) is 69.2 Å². The van der Waals surface area contributed by atoms with Crippen LogP contribution >= 0.6 is 0 Å². The Morgan fingerprint density at radius 2 is 0.659 bits per heavy atom. The Balaban J connectivity index is 0.000000103. The van der Waals surface area contributed by atoms with Crippen LogP contribution in [0.5, 0.6) is 0 Å². The van der Waals surface area contributed by atoms with Crippen LogP contribution in [0.15, 0.2) is 346 Å². The fourth-order valence-corrected chi connectivity index (χ4v) is 20.1. The first-order valence-electron chi connectivity index (χ1n) is 43.6. The maximum Gasteiger partial charge on any atom is 0.216 e. The minimum absolute atomic E-state index is 0.934. The van der Waals surface area contributed by atoms with E-state index in [4.69, 9.17) is 17.7 Å². The lowest BCUT2D eigenvalue weighted by atomic mass is 9.96. The fourth-order valence-electron chi connectivity index (χ4n) is 20.1. The van der Waals surface area contributed by atoms with Gasteiger partial charge in [0.1, 0.15) is 72.9 Å². The lowest BCUT2D eigenvalue weighted by Crippen LogP contribution is -2.32. The first-order chi connectivity index (χ1) is 61.3. The molecule has 0 spiro atoms. The summed E-state index contributed by atoms with van der Waals surface area (Å²) in [6, 6.07) is 113. The highest BCUT2D eigenvalue weighted by Crippen LogP contribution is 2.46. The van der Waals surface area contributed by atoms with Crippen molar-refractivity contribution in [2.75, 3.05) is 0 Å². The third-order valence-corrected chi connectivity index (χ3v) is 26.6. The average molecular weight is 1630 g/mol. The molecule has 0 fully saturated rings. The minimum Gasteiger partial charge on any atom is -0.456 e. The van der Waals surface area contributed by atoms with Crippen molar-refractivity contribution in [1.82, 2.24) is 0 Å². The minimum atomic E-state index is 0.934. The van der Waals surface area contributed by atoms with Crippen LogP contribution in [0.1, 0.15) is 55.6 Å². The summed E-state index contributed by atoms with van der Waals surface area (Å²) in [7, 11) is 8.53. The van der Waals surface area contributed by atoms with Crippen molar-refractivity contribution in [3.05, 3.63) is 383 Å². The molecule has 0 N–H and O–H groups in total. The topological polar surface area (TPSA) is 68.1 Å². The van der Waals surface area contributed by atoms with Crippen LogP contribution in [0.25, 0.3) is 220 Å². The Labute approximate surface area is 732 Å². The normalized spacial score (nSPS) is 11.7. The van der Waals surface area contributed by atoms with Crippen molar-refractivity contribution in [2.45, 2.75) is 69.2 Å². The maximum absolute atomic E-state index is 6.54. The highest BCUT2D eigenvalue weighted by atomic mass is 16.3. The van der Waals surface area contributed by atoms with Gasteiger partial charge in [-0.25, -0.2) is 9.13 Å². The summed E-state index contributed by atoms with van der Waals surface area (Å²) in [6.45, 7) is 21.8. The van der Waals surface area contributed by atoms with Gasteiger partial charge in [0.2, 0.25) is 33.8 Å². The lowest BCUT2D eigenvalue weighted by molar-refractivity contribution is -0.660. The molecule has 8 heteroatoms. The van der Waals surface area contributed by atoms with Crippen LogP contribution < -0.4 is 18.3 Å². The SMILES string of the molecule is Cc1c(-c2cc(C)c3c(C)cccc3[n+]2C)ccc2c1oc1ccc3ccccc3c12.Cc1c(-c2cc(C)c3c(C)cccc3[n+]2C)ccc2c1oc1ccc3ccccc3c12.Cc1c[n+](C)c(-c2c(C)ccc3c2oc2cc4ccccc4cc23)cc1-c1ccccc1.Cc1ccc2cc3oc4c(-c5cc(-c6ccccc6)cc[n+]5C)c(C)ccc4c3cc2c1. The Kier molecular flexibility index (Phi) is 19.2. The molecule has 0 atom stereocenters. The summed E-state index contributed by atoms with van der Waals surface area (Å²) in [4.78, 5) is 0. The number of hydrogen-bond acceptors (Lipinski definition) is 4. The summed E-state index contributed by atoms with van der Waals surface area (Å²) in [5.74, 6) is 0. The van der Waals surface area contributed by atoms with E-state index in [1.807, 2.05) is 0 Å². The summed E-state index contributed by atoms with van der Waals surface area (Å²) < 4.78 is 34.9. The van der Waals surface area contributed by atoms with Crippen molar-refractivity contribution < 1.29 is 35.9 Å². The van der Waals surface area contributed by atoms with Crippen LogP contribution in [0.2, 0.25) is 0 Å². The van der Waals surface area contributed by atoms with Crippen molar-refractivity contribution in [3.8, 4) is 67.3 Å². The molecule has 0 radical (unpaired) electrons. The first kappa shape index (κ1) is 78.2. The molecule has 0 aliphatic rings. The van der Waals surface area contributed by atoms with Gasteiger partial charge in [-0.15, -0.1) is 0 Å². The second kappa shape index (κ2) is 31.0. The van der Waals surface area contributed by atoms with Gasteiger partial charge >= 0.3 is 0 Å². The zero-order chi connectivity index (χ0) is 86.2. The Hall–Kier alpha value is -15.1. The second-order valence-corrected chi connectivity index (χ2v) is 34.6. The predicted octanol–water partition coefficient (Wildman–Crippen LogP) is 29.6. The van der Waals surface area contributed by atoms with Crippen LogP contribution in [-0.4, -0.2) is 0 Å². The van der Waals surface area contributed by atoms with E-state index in [9.17, 15) is 0 Å². The van der Waals surface area contributed by atoms with Gasteiger partial charge in [0.15, 0.2) is 12.4 Å². The molecular formula is C118H96N4O4+4. The number of furan rings is 4.